The smallest absolute Gasteiger partial charge is 0.410 e. The van der Waals surface area contributed by atoms with Gasteiger partial charge in [-0.15, -0.1) is 0 Å². The van der Waals surface area contributed by atoms with Gasteiger partial charge in [0.1, 0.15) is 5.78 Å². The van der Waals surface area contributed by atoms with Gasteiger partial charge in [-0.3, -0.25) is 4.79 Å². The van der Waals surface area contributed by atoms with Gasteiger partial charge in [-0.2, -0.15) is 0 Å². The fourth-order valence-electron chi connectivity index (χ4n) is 1.97. The lowest BCUT2D eigenvalue weighted by atomic mass is 9.77. The molecule has 1 amide bonds. The number of piperidine rings is 1. The van der Waals surface area contributed by atoms with Gasteiger partial charge in [0.2, 0.25) is 0 Å². The van der Waals surface area contributed by atoms with Gasteiger partial charge in [-0.05, 0) is 33.6 Å². The van der Waals surface area contributed by atoms with Gasteiger partial charge in [-0.1, -0.05) is 22.6 Å². The molecular formula is C12H20INO3. The normalized spacial score (nSPS) is 19.2. The van der Waals surface area contributed by atoms with Crippen LogP contribution in [-0.2, 0) is 9.53 Å². The van der Waals surface area contributed by atoms with E-state index in [0.717, 1.165) is 17.3 Å². The van der Waals surface area contributed by atoms with Crippen LogP contribution in [0, 0.1) is 5.41 Å². The van der Waals surface area contributed by atoms with E-state index in [1.54, 1.807) is 11.8 Å². The molecule has 1 fully saturated rings. The summed E-state index contributed by atoms with van der Waals surface area (Å²) in [5.74, 6) is 0.240. The van der Waals surface area contributed by atoms with Crippen molar-refractivity contribution in [1.82, 2.24) is 4.90 Å². The first kappa shape index (κ1) is 14.7. The number of amides is 1. The SMILES string of the molecule is CC(=O)C1(CI)CCN(C(=O)OC(C)C)CC1. The van der Waals surface area contributed by atoms with Gasteiger partial charge < -0.3 is 9.64 Å². The molecule has 0 N–H and O–H groups in total. The van der Waals surface area contributed by atoms with E-state index in [0.29, 0.717) is 13.1 Å². The molecule has 5 heteroatoms. The molecule has 0 aromatic heterocycles. The number of Topliss-reactive ketones (excluding diaryl/α,β-unsaturated/α-hetero) is 1. The van der Waals surface area contributed by atoms with Gasteiger partial charge in [0.05, 0.1) is 6.10 Å². The first-order valence-electron chi connectivity index (χ1n) is 5.94. The van der Waals surface area contributed by atoms with E-state index < -0.39 is 0 Å². The third kappa shape index (κ3) is 3.56. The van der Waals surface area contributed by atoms with E-state index in [1.807, 2.05) is 13.8 Å². The van der Waals surface area contributed by atoms with Crippen LogP contribution in [0.2, 0.25) is 0 Å². The summed E-state index contributed by atoms with van der Waals surface area (Å²) in [7, 11) is 0. The van der Waals surface area contributed by atoms with Crippen molar-refractivity contribution in [3.05, 3.63) is 0 Å². The molecule has 1 rings (SSSR count). The van der Waals surface area contributed by atoms with Crippen LogP contribution >= 0.6 is 22.6 Å². The maximum Gasteiger partial charge on any atom is 0.410 e. The fraction of sp³-hybridized carbons (Fsp3) is 0.833. The molecule has 0 aliphatic carbocycles. The first-order valence-corrected chi connectivity index (χ1v) is 7.46. The van der Waals surface area contributed by atoms with Gasteiger partial charge in [0.25, 0.3) is 0 Å². The second-order valence-electron chi connectivity index (χ2n) is 4.89. The summed E-state index contributed by atoms with van der Waals surface area (Å²) in [5, 5.41) is 0. The zero-order chi connectivity index (χ0) is 13.1. The van der Waals surface area contributed by atoms with Crippen LogP contribution in [0.4, 0.5) is 4.79 Å². The highest BCUT2D eigenvalue weighted by atomic mass is 127. The molecule has 1 saturated heterocycles. The number of ether oxygens (including phenoxy) is 1. The Morgan fingerprint density at radius 2 is 1.88 bits per heavy atom. The molecular weight excluding hydrogens is 333 g/mol. The predicted octanol–water partition coefficient (Wildman–Crippen LogP) is 2.64. The highest BCUT2D eigenvalue weighted by Crippen LogP contribution is 2.34. The van der Waals surface area contributed by atoms with Crippen molar-refractivity contribution in [2.75, 3.05) is 17.5 Å². The fourth-order valence-corrected chi connectivity index (χ4v) is 3.27. The van der Waals surface area contributed by atoms with Gasteiger partial charge in [0, 0.05) is 22.9 Å². The van der Waals surface area contributed by atoms with Crippen molar-refractivity contribution in [2.24, 2.45) is 5.41 Å². The third-order valence-corrected chi connectivity index (χ3v) is 4.78. The predicted molar refractivity (Wildman–Crippen MR) is 74.4 cm³/mol. The van der Waals surface area contributed by atoms with Crippen LogP contribution < -0.4 is 0 Å². The Hall–Kier alpha value is -0.330. The van der Waals surface area contributed by atoms with E-state index in [4.69, 9.17) is 4.74 Å². The minimum atomic E-state index is -0.259. The second-order valence-corrected chi connectivity index (χ2v) is 5.65. The summed E-state index contributed by atoms with van der Waals surface area (Å²) in [4.78, 5) is 25.1. The number of alkyl halides is 1. The van der Waals surface area contributed by atoms with Crippen molar-refractivity contribution >= 4 is 34.5 Å². The van der Waals surface area contributed by atoms with Gasteiger partial charge in [0.15, 0.2) is 0 Å². The second kappa shape index (κ2) is 6.02. The van der Waals surface area contributed by atoms with Crippen molar-refractivity contribution in [2.45, 2.75) is 39.7 Å². The van der Waals surface area contributed by atoms with Crippen molar-refractivity contribution < 1.29 is 14.3 Å². The summed E-state index contributed by atoms with van der Waals surface area (Å²) >= 11 is 2.26. The minimum absolute atomic E-state index is 0.0911. The largest absolute Gasteiger partial charge is 0.447 e. The quantitative estimate of drug-likeness (QED) is 0.579. The van der Waals surface area contributed by atoms with Crippen LogP contribution in [0.1, 0.15) is 33.6 Å². The van der Waals surface area contributed by atoms with Crippen molar-refractivity contribution in [3.8, 4) is 0 Å². The molecule has 98 valence electrons. The van der Waals surface area contributed by atoms with Crippen LogP contribution in [0.15, 0.2) is 0 Å². The van der Waals surface area contributed by atoms with Crippen LogP contribution in [0.25, 0.3) is 0 Å². The van der Waals surface area contributed by atoms with E-state index in [-0.39, 0.29) is 23.4 Å². The van der Waals surface area contributed by atoms with Crippen molar-refractivity contribution in [1.29, 1.82) is 0 Å². The highest BCUT2D eigenvalue weighted by Gasteiger charge is 2.39. The first-order chi connectivity index (χ1) is 7.91. The molecule has 1 heterocycles. The topological polar surface area (TPSA) is 46.6 Å². The van der Waals surface area contributed by atoms with Crippen molar-refractivity contribution in [3.63, 3.8) is 0 Å². The number of hydrogen-bond acceptors (Lipinski definition) is 3. The molecule has 1 aliphatic heterocycles. The molecule has 4 nitrogen and oxygen atoms in total. The average Bonchev–Trinajstić information content (AvgIpc) is 2.28. The Labute approximate surface area is 116 Å². The minimum Gasteiger partial charge on any atom is -0.447 e. The van der Waals surface area contributed by atoms with E-state index in [1.165, 1.54) is 0 Å². The summed E-state index contributed by atoms with van der Waals surface area (Å²) in [6, 6.07) is 0. The molecule has 0 saturated carbocycles. The molecule has 17 heavy (non-hydrogen) atoms. The van der Waals surface area contributed by atoms with E-state index >= 15 is 0 Å². The highest BCUT2D eigenvalue weighted by molar-refractivity contribution is 14.1. The van der Waals surface area contributed by atoms with Crippen LogP contribution in [-0.4, -0.2) is 40.4 Å². The summed E-state index contributed by atoms with van der Waals surface area (Å²) in [6.07, 6.45) is 1.15. The van der Waals surface area contributed by atoms with Gasteiger partial charge in [-0.25, -0.2) is 4.79 Å². The maximum absolute atomic E-state index is 11.7. The molecule has 0 bridgehead atoms. The number of ketones is 1. The van der Waals surface area contributed by atoms with E-state index in [2.05, 4.69) is 22.6 Å². The Morgan fingerprint density at radius 3 is 2.24 bits per heavy atom. The summed E-state index contributed by atoms with van der Waals surface area (Å²) in [5.41, 5.74) is -0.227. The number of halogens is 1. The molecule has 0 radical (unpaired) electrons. The molecule has 0 aromatic carbocycles. The number of carbonyl (C=O) groups excluding carboxylic acids is 2. The van der Waals surface area contributed by atoms with Crippen LogP contribution in [0.3, 0.4) is 0 Å². The average molecular weight is 353 g/mol. The number of carbonyl (C=O) groups is 2. The Kier molecular flexibility index (Phi) is 5.22. The lowest BCUT2D eigenvalue weighted by Crippen LogP contribution is -2.47. The lowest BCUT2D eigenvalue weighted by Gasteiger charge is -2.38. The zero-order valence-corrected chi connectivity index (χ0v) is 12.8. The summed E-state index contributed by atoms with van der Waals surface area (Å²) in [6.45, 7) is 6.57. The van der Waals surface area contributed by atoms with E-state index in [9.17, 15) is 9.59 Å². The van der Waals surface area contributed by atoms with Crippen LogP contribution in [0.5, 0.6) is 0 Å². The monoisotopic (exact) mass is 353 g/mol. The molecule has 0 atom stereocenters. The molecule has 1 aliphatic rings. The molecule has 0 aromatic rings. The maximum atomic E-state index is 11.7. The Morgan fingerprint density at radius 1 is 1.35 bits per heavy atom. The number of hydrogen-bond donors (Lipinski definition) is 0. The number of likely N-dealkylation sites (tertiary alicyclic amines) is 1. The number of nitrogens with zero attached hydrogens (tertiary/aromatic N) is 1. The van der Waals surface area contributed by atoms with Gasteiger partial charge >= 0.3 is 6.09 Å². The Bertz CT molecular complexity index is 296. The Balaban J connectivity index is 2.55. The third-order valence-electron chi connectivity index (χ3n) is 3.32. The molecule has 0 unspecified atom stereocenters. The standard InChI is InChI=1S/C12H20INO3/c1-9(2)17-11(16)14-6-4-12(8-13,5-7-14)10(3)15/h9H,4-8H2,1-3H3. The lowest BCUT2D eigenvalue weighted by molar-refractivity contribution is -0.127. The zero-order valence-electron chi connectivity index (χ0n) is 10.7. The number of rotatable bonds is 3. The summed E-state index contributed by atoms with van der Waals surface area (Å²) < 4.78 is 5.98. The molecule has 0 spiro atoms.